The third-order valence-corrected chi connectivity index (χ3v) is 11.5. The van der Waals surface area contributed by atoms with Gasteiger partial charge in [-0.05, 0) is 75.5 Å². The van der Waals surface area contributed by atoms with Gasteiger partial charge in [-0.15, -0.1) is 0 Å². The summed E-state index contributed by atoms with van der Waals surface area (Å²) in [5.41, 5.74) is 0.327. The highest BCUT2D eigenvalue weighted by atomic mass is 33.1. The van der Waals surface area contributed by atoms with Crippen LogP contribution in [-0.2, 0) is 33.3 Å². The van der Waals surface area contributed by atoms with E-state index in [1.54, 1.807) is 40.8 Å². The van der Waals surface area contributed by atoms with E-state index in [4.69, 9.17) is 23.7 Å². The fraction of sp³-hybridized carbons (Fsp3) is 0.611. The Bertz CT molecular complexity index is 1370. The molecule has 0 bridgehead atoms. The zero-order valence-electron chi connectivity index (χ0n) is 29.6. The minimum Gasteiger partial charge on any atom is -0.459 e. The number of carbonyl (C=O) groups is 3. The van der Waals surface area contributed by atoms with Crippen LogP contribution in [0.5, 0.6) is 0 Å². The number of hydrogen-bond acceptors (Lipinski definition) is 12. The van der Waals surface area contributed by atoms with Crippen molar-refractivity contribution in [2.75, 3.05) is 19.8 Å². The van der Waals surface area contributed by atoms with E-state index >= 15 is 0 Å². The van der Waals surface area contributed by atoms with Gasteiger partial charge in [-0.3, -0.25) is 9.59 Å². The molecule has 0 radical (unpaired) electrons. The Morgan fingerprint density at radius 3 is 2.66 bits per heavy atom. The van der Waals surface area contributed by atoms with Crippen LogP contribution in [0.3, 0.4) is 0 Å². The number of rotatable bonds is 15. The number of alkyl carbamates (subject to hydrolysis) is 1. The Balaban J connectivity index is 1.20. The first-order chi connectivity index (χ1) is 23.8. The summed E-state index contributed by atoms with van der Waals surface area (Å²) in [6, 6.07) is 5.60. The minimum absolute atomic E-state index is 0.0166. The number of epoxide rings is 1. The molecule has 0 saturated carbocycles. The standard InChI is InChI=1S/C36H51N3O9S2/c1-22(10-13-30-23(2)17-29(26(5)47-30)39-32(41)15-12-24(3)46-27(6)40)11-14-31-34(42)36(21-45-36)18-28(48-31)19-38-35(43)44-20-25(4)49-50-33-9-7-8-16-37-33/h7-12,14-16,23-26,28-31,34,42H,13,17-21H2,1-6H3,(H,38,43)(H,39,41)/b14-11+,15-12-,22-10+/t23-,24-,25+,26+,28-,29+,30-,31+,34+,36+/m0/s1. The smallest absolute Gasteiger partial charge is 0.407 e. The van der Waals surface area contributed by atoms with Crippen molar-refractivity contribution in [3.8, 4) is 0 Å². The molecular formula is C36H51N3O9S2. The van der Waals surface area contributed by atoms with Crippen molar-refractivity contribution in [1.29, 1.82) is 0 Å². The Morgan fingerprint density at radius 2 is 1.96 bits per heavy atom. The largest absolute Gasteiger partial charge is 0.459 e. The lowest BCUT2D eigenvalue weighted by Crippen LogP contribution is -2.52. The first-order valence-corrected chi connectivity index (χ1v) is 19.3. The van der Waals surface area contributed by atoms with Crippen LogP contribution in [0.25, 0.3) is 0 Å². The number of ether oxygens (including phenoxy) is 5. The van der Waals surface area contributed by atoms with E-state index < -0.39 is 36.0 Å². The highest BCUT2D eigenvalue weighted by Crippen LogP contribution is 2.42. The van der Waals surface area contributed by atoms with Crippen LogP contribution in [0.1, 0.15) is 60.8 Å². The van der Waals surface area contributed by atoms with E-state index in [0.29, 0.717) is 19.4 Å². The average Bonchev–Trinajstić information content (AvgIpc) is 3.86. The van der Waals surface area contributed by atoms with Gasteiger partial charge in [-0.25, -0.2) is 9.78 Å². The third-order valence-electron chi connectivity index (χ3n) is 8.78. The molecule has 4 heterocycles. The number of aliphatic hydroxyl groups excluding tert-OH is 1. The van der Waals surface area contributed by atoms with Crippen molar-refractivity contribution in [3.05, 3.63) is 60.3 Å². The predicted octanol–water partition coefficient (Wildman–Crippen LogP) is 4.92. The maximum atomic E-state index is 12.4. The van der Waals surface area contributed by atoms with E-state index in [9.17, 15) is 19.5 Å². The lowest BCUT2D eigenvalue weighted by atomic mass is 9.87. The molecule has 3 aliphatic rings. The van der Waals surface area contributed by atoms with Crippen molar-refractivity contribution < 1.29 is 43.2 Å². The number of aromatic nitrogens is 1. The van der Waals surface area contributed by atoms with Crippen molar-refractivity contribution in [1.82, 2.24) is 15.6 Å². The fourth-order valence-electron chi connectivity index (χ4n) is 5.88. The van der Waals surface area contributed by atoms with E-state index in [2.05, 4.69) is 28.6 Å². The van der Waals surface area contributed by atoms with Crippen molar-refractivity contribution in [2.45, 2.75) is 119 Å². The molecule has 3 saturated heterocycles. The summed E-state index contributed by atoms with van der Waals surface area (Å²) >= 11 is 0. The van der Waals surface area contributed by atoms with Gasteiger partial charge in [-0.2, -0.15) is 0 Å². The number of allylic oxidation sites excluding steroid dienone is 2. The topological polar surface area (TPSA) is 158 Å². The monoisotopic (exact) mass is 733 g/mol. The molecule has 1 spiro atoms. The quantitative estimate of drug-likeness (QED) is 0.0736. The lowest BCUT2D eigenvalue weighted by Gasteiger charge is -2.39. The Kier molecular flexibility index (Phi) is 15.2. The van der Waals surface area contributed by atoms with Gasteiger partial charge in [0.05, 0.1) is 31.0 Å². The number of aliphatic hydroxyl groups is 1. The van der Waals surface area contributed by atoms with Crippen molar-refractivity contribution >= 4 is 39.6 Å². The first-order valence-electron chi connectivity index (χ1n) is 17.1. The van der Waals surface area contributed by atoms with Gasteiger partial charge in [0, 0.05) is 37.4 Å². The lowest BCUT2D eigenvalue weighted by molar-refractivity contribution is -0.143. The Morgan fingerprint density at radius 1 is 1.18 bits per heavy atom. The molecule has 276 valence electrons. The molecule has 0 aromatic carbocycles. The van der Waals surface area contributed by atoms with Crippen LogP contribution in [0.4, 0.5) is 4.79 Å². The van der Waals surface area contributed by atoms with E-state index in [1.807, 2.05) is 51.1 Å². The molecule has 14 heteroatoms. The summed E-state index contributed by atoms with van der Waals surface area (Å²) in [6.07, 6.45) is 9.53. The normalized spacial score (nSPS) is 30.9. The number of hydrogen-bond donors (Lipinski definition) is 3. The second-order valence-electron chi connectivity index (χ2n) is 13.3. The van der Waals surface area contributed by atoms with E-state index in [-0.39, 0.29) is 54.6 Å². The number of amides is 2. The molecule has 0 unspecified atom stereocenters. The van der Waals surface area contributed by atoms with Crippen LogP contribution in [0.2, 0.25) is 0 Å². The number of nitrogens with zero attached hydrogens (tertiary/aromatic N) is 1. The predicted molar refractivity (Wildman–Crippen MR) is 192 cm³/mol. The van der Waals surface area contributed by atoms with Gasteiger partial charge in [-0.1, -0.05) is 47.6 Å². The highest BCUT2D eigenvalue weighted by Gasteiger charge is 2.58. The van der Waals surface area contributed by atoms with Crippen molar-refractivity contribution in [2.24, 2.45) is 5.92 Å². The Labute approximate surface area is 302 Å². The second kappa shape index (κ2) is 19.1. The van der Waals surface area contributed by atoms with Crippen LogP contribution in [0.15, 0.2) is 65.4 Å². The molecule has 1 aromatic heterocycles. The summed E-state index contributed by atoms with van der Waals surface area (Å²) in [7, 11) is 3.13. The van der Waals surface area contributed by atoms with Gasteiger partial charge in [0.25, 0.3) is 0 Å². The fourth-order valence-corrected chi connectivity index (χ4v) is 7.76. The Hall–Kier alpha value is -2.88. The third kappa shape index (κ3) is 12.7. The van der Waals surface area contributed by atoms with E-state index in [0.717, 1.165) is 17.0 Å². The molecule has 10 atom stereocenters. The molecule has 12 nitrogen and oxygen atoms in total. The molecule has 50 heavy (non-hydrogen) atoms. The molecule has 2 amide bonds. The minimum atomic E-state index is -0.821. The summed E-state index contributed by atoms with van der Waals surface area (Å²) in [5, 5.41) is 17.8. The summed E-state index contributed by atoms with van der Waals surface area (Å²) in [6.45, 7) is 12.0. The summed E-state index contributed by atoms with van der Waals surface area (Å²) < 4.78 is 28.6. The highest BCUT2D eigenvalue weighted by molar-refractivity contribution is 8.76. The van der Waals surface area contributed by atoms with Gasteiger partial charge >= 0.3 is 12.1 Å². The maximum absolute atomic E-state index is 12.4. The van der Waals surface area contributed by atoms with Gasteiger partial charge in [0.15, 0.2) is 0 Å². The van der Waals surface area contributed by atoms with Crippen LogP contribution < -0.4 is 10.6 Å². The van der Waals surface area contributed by atoms with Crippen LogP contribution in [0, 0.1) is 5.92 Å². The molecule has 0 aliphatic carbocycles. The molecule has 3 aliphatic heterocycles. The van der Waals surface area contributed by atoms with Crippen molar-refractivity contribution in [3.63, 3.8) is 0 Å². The first kappa shape index (κ1) is 39.9. The number of nitrogens with one attached hydrogen (secondary N) is 2. The summed E-state index contributed by atoms with van der Waals surface area (Å²) in [5.74, 6) is -0.449. The molecule has 4 rings (SSSR count). The van der Waals surface area contributed by atoms with Gasteiger partial charge in [0.2, 0.25) is 5.91 Å². The second-order valence-corrected chi connectivity index (χ2v) is 15.9. The molecule has 1 aromatic rings. The maximum Gasteiger partial charge on any atom is 0.407 e. The number of pyridine rings is 1. The SMILES string of the molecule is CC(=O)O[C@@H](C)/C=C\C(=O)N[C@@H]1C[C@H](C)[C@H](C/C=C(C)/C=C/[C@H]2O[C@H](CNC(=O)OC[C@@H](C)SSc3ccccn3)C[C@@]3(CO3)[C@@H]2O)O[C@@H]1C. The molecular weight excluding hydrogens is 683 g/mol. The molecule has 3 N–H and O–H groups in total. The van der Waals surface area contributed by atoms with Gasteiger partial charge in [0.1, 0.15) is 35.5 Å². The summed E-state index contributed by atoms with van der Waals surface area (Å²) in [4.78, 5) is 40.2. The number of carbonyl (C=O) groups excluding carboxylic acids is 3. The van der Waals surface area contributed by atoms with Gasteiger partial charge < -0.3 is 39.4 Å². The number of esters is 1. The zero-order chi connectivity index (χ0) is 36.3. The van der Waals surface area contributed by atoms with Crippen LogP contribution in [-0.4, -0.2) is 101 Å². The van der Waals surface area contributed by atoms with Crippen LogP contribution >= 0.6 is 21.6 Å². The average molecular weight is 734 g/mol. The van der Waals surface area contributed by atoms with E-state index in [1.165, 1.54) is 13.0 Å². The molecule has 3 fully saturated rings. The zero-order valence-corrected chi connectivity index (χ0v) is 31.2.